The Labute approximate surface area is 166 Å². The minimum absolute atomic E-state index is 0. The van der Waals surface area contributed by atoms with Crippen LogP contribution in [0.5, 0.6) is 11.5 Å². The summed E-state index contributed by atoms with van der Waals surface area (Å²) in [5.74, 6) is 2.28. The molecule has 25 heavy (non-hydrogen) atoms. The Bertz CT molecular complexity index is 645. The number of ether oxygens (including phenoxy) is 2. The van der Waals surface area contributed by atoms with Crippen molar-refractivity contribution in [2.45, 2.75) is 20.0 Å². The average molecular weight is 458 g/mol. The van der Waals surface area contributed by atoms with E-state index in [1.54, 1.807) is 14.2 Å². The van der Waals surface area contributed by atoms with Gasteiger partial charge in [-0.1, -0.05) is 6.07 Å². The third kappa shape index (κ3) is 6.85. The number of hydrogen-bond donors (Lipinski definition) is 2. The number of rotatable bonds is 8. The van der Waals surface area contributed by atoms with E-state index >= 15 is 0 Å². The zero-order valence-electron chi connectivity index (χ0n) is 15.0. The number of aromatic nitrogens is 1. The summed E-state index contributed by atoms with van der Waals surface area (Å²) < 4.78 is 13.0. The highest BCUT2D eigenvalue weighted by atomic mass is 127. The molecule has 2 rings (SSSR count). The van der Waals surface area contributed by atoms with E-state index in [-0.39, 0.29) is 24.0 Å². The maximum absolute atomic E-state index is 5.53. The van der Waals surface area contributed by atoms with Crippen LogP contribution in [-0.4, -0.2) is 37.8 Å². The molecular weight excluding hydrogens is 431 g/mol. The van der Waals surface area contributed by atoms with Crippen molar-refractivity contribution in [3.8, 4) is 11.5 Å². The summed E-state index contributed by atoms with van der Waals surface area (Å²) in [7, 11) is 3.42. The van der Waals surface area contributed by atoms with Gasteiger partial charge in [0.05, 0.1) is 13.7 Å². The largest absolute Gasteiger partial charge is 0.493 e. The van der Waals surface area contributed by atoms with Crippen LogP contribution in [-0.2, 0) is 13.1 Å². The lowest BCUT2D eigenvalue weighted by atomic mass is 10.2. The molecule has 0 unspecified atom stereocenters. The van der Waals surface area contributed by atoms with E-state index in [0.717, 1.165) is 36.1 Å². The SMILES string of the molecule is CCOc1ccc(CNC(=NC)NCCn2cccc2)cc1OC.I. The highest BCUT2D eigenvalue weighted by molar-refractivity contribution is 14.0. The Hall–Kier alpha value is -1.90. The van der Waals surface area contributed by atoms with Gasteiger partial charge < -0.3 is 24.7 Å². The fourth-order valence-corrected chi connectivity index (χ4v) is 2.33. The van der Waals surface area contributed by atoms with Gasteiger partial charge in [0.1, 0.15) is 0 Å². The first-order chi connectivity index (χ1) is 11.8. The smallest absolute Gasteiger partial charge is 0.191 e. The highest BCUT2D eigenvalue weighted by Gasteiger charge is 2.06. The topological polar surface area (TPSA) is 59.8 Å². The molecule has 1 heterocycles. The molecule has 2 aromatic rings. The maximum atomic E-state index is 5.53. The molecule has 0 bridgehead atoms. The molecule has 1 aromatic carbocycles. The van der Waals surface area contributed by atoms with Gasteiger partial charge in [-0.3, -0.25) is 4.99 Å². The quantitative estimate of drug-likeness (QED) is 0.363. The molecule has 0 saturated carbocycles. The van der Waals surface area contributed by atoms with Crippen molar-refractivity contribution in [3.05, 3.63) is 48.3 Å². The molecule has 0 aliphatic heterocycles. The van der Waals surface area contributed by atoms with Gasteiger partial charge in [0.25, 0.3) is 0 Å². The summed E-state index contributed by atoms with van der Waals surface area (Å²) in [5.41, 5.74) is 1.10. The van der Waals surface area contributed by atoms with Gasteiger partial charge in [-0.25, -0.2) is 0 Å². The van der Waals surface area contributed by atoms with Gasteiger partial charge in [0, 0.05) is 39.1 Å². The van der Waals surface area contributed by atoms with E-state index in [1.165, 1.54) is 0 Å². The molecule has 138 valence electrons. The number of hydrogen-bond acceptors (Lipinski definition) is 3. The van der Waals surface area contributed by atoms with E-state index in [1.807, 2.05) is 49.6 Å². The summed E-state index contributed by atoms with van der Waals surface area (Å²) in [6.07, 6.45) is 4.09. The molecule has 0 atom stereocenters. The Morgan fingerprint density at radius 3 is 2.56 bits per heavy atom. The van der Waals surface area contributed by atoms with Crippen LogP contribution in [0.1, 0.15) is 12.5 Å². The van der Waals surface area contributed by atoms with Crippen LogP contribution in [0.4, 0.5) is 0 Å². The maximum Gasteiger partial charge on any atom is 0.191 e. The van der Waals surface area contributed by atoms with Gasteiger partial charge in [-0.2, -0.15) is 0 Å². The number of methoxy groups -OCH3 is 1. The fraction of sp³-hybridized carbons (Fsp3) is 0.389. The normalized spacial score (nSPS) is 10.8. The Kier molecular flexibility index (Phi) is 9.83. The number of nitrogens with zero attached hydrogens (tertiary/aromatic N) is 2. The number of halogens is 1. The van der Waals surface area contributed by atoms with Crippen LogP contribution < -0.4 is 20.1 Å². The first-order valence-corrected chi connectivity index (χ1v) is 8.11. The molecule has 6 nitrogen and oxygen atoms in total. The zero-order valence-corrected chi connectivity index (χ0v) is 17.3. The molecule has 2 N–H and O–H groups in total. The van der Waals surface area contributed by atoms with E-state index in [9.17, 15) is 0 Å². The van der Waals surface area contributed by atoms with Gasteiger partial charge in [0.15, 0.2) is 17.5 Å². The first kappa shape index (κ1) is 21.1. The minimum atomic E-state index is 0. The van der Waals surface area contributed by atoms with Crippen molar-refractivity contribution in [2.24, 2.45) is 4.99 Å². The monoisotopic (exact) mass is 458 g/mol. The fourth-order valence-electron chi connectivity index (χ4n) is 2.33. The molecule has 0 spiro atoms. The summed E-state index contributed by atoms with van der Waals surface area (Å²) in [4.78, 5) is 4.24. The van der Waals surface area contributed by atoms with E-state index in [0.29, 0.717) is 13.2 Å². The number of nitrogens with one attached hydrogen (secondary N) is 2. The van der Waals surface area contributed by atoms with Crippen LogP contribution >= 0.6 is 24.0 Å². The molecule has 0 amide bonds. The predicted molar refractivity (Wildman–Crippen MR) is 112 cm³/mol. The molecule has 0 aliphatic rings. The van der Waals surface area contributed by atoms with Crippen molar-refractivity contribution in [1.29, 1.82) is 0 Å². The Morgan fingerprint density at radius 1 is 1.16 bits per heavy atom. The van der Waals surface area contributed by atoms with Crippen LogP contribution in [0.15, 0.2) is 47.7 Å². The molecule has 1 aromatic heterocycles. The molecule has 0 saturated heterocycles. The molecule has 0 aliphatic carbocycles. The lowest BCUT2D eigenvalue weighted by Crippen LogP contribution is -2.38. The second-order valence-electron chi connectivity index (χ2n) is 5.19. The first-order valence-electron chi connectivity index (χ1n) is 8.11. The lowest BCUT2D eigenvalue weighted by Gasteiger charge is -2.14. The third-order valence-electron chi connectivity index (χ3n) is 3.54. The zero-order chi connectivity index (χ0) is 17.2. The van der Waals surface area contributed by atoms with Crippen molar-refractivity contribution >= 4 is 29.9 Å². The Balaban J connectivity index is 0.00000312. The third-order valence-corrected chi connectivity index (χ3v) is 3.54. The number of guanidine groups is 1. The number of benzene rings is 1. The minimum Gasteiger partial charge on any atom is -0.493 e. The van der Waals surface area contributed by atoms with Gasteiger partial charge in [-0.05, 0) is 36.8 Å². The summed E-state index contributed by atoms with van der Waals surface area (Å²) >= 11 is 0. The predicted octanol–water partition coefficient (Wildman–Crippen LogP) is 2.88. The molecule has 7 heteroatoms. The van der Waals surface area contributed by atoms with Crippen molar-refractivity contribution in [1.82, 2.24) is 15.2 Å². The van der Waals surface area contributed by atoms with Crippen LogP contribution in [0, 0.1) is 0 Å². The summed E-state index contributed by atoms with van der Waals surface area (Å²) in [6.45, 7) is 4.93. The van der Waals surface area contributed by atoms with Crippen LogP contribution in [0.25, 0.3) is 0 Å². The second-order valence-corrected chi connectivity index (χ2v) is 5.19. The van der Waals surface area contributed by atoms with Crippen molar-refractivity contribution in [2.75, 3.05) is 27.3 Å². The van der Waals surface area contributed by atoms with Crippen LogP contribution in [0.3, 0.4) is 0 Å². The number of aliphatic imine (C=N–C) groups is 1. The standard InChI is InChI=1S/C18H26N4O2.HI/c1-4-24-16-8-7-15(13-17(16)23-3)14-21-18(19-2)20-9-12-22-10-5-6-11-22;/h5-8,10-11,13H,4,9,12,14H2,1-3H3,(H2,19,20,21);1H. The van der Waals surface area contributed by atoms with Gasteiger partial charge >= 0.3 is 0 Å². The average Bonchev–Trinajstić information content (AvgIpc) is 3.12. The molecule has 0 fully saturated rings. The molecular formula is C18H27IN4O2. The van der Waals surface area contributed by atoms with Gasteiger partial charge in [0.2, 0.25) is 0 Å². The summed E-state index contributed by atoms with van der Waals surface area (Å²) in [5, 5.41) is 6.60. The highest BCUT2D eigenvalue weighted by Crippen LogP contribution is 2.27. The lowest BCUT2D eigenvalue weighted by molar-refractivity contribution is 0.310. The second kappa shape index (κ2) is 11.6. The van der Waals surface area contributed by atoms with Crippen LogP contribution in [0.2, 0.25) is 0 Å². The summed E-state index contributed by atoms with van der Waals surface area (Å²) in [6, 6.07) is 9.97. The Morgan fingerprint density at radius 2 is 1.92 bits per heavy atom. The van der Waals surface area contributed by atoms with Crippen molar-refractivity contribution < 1.29 is 9.47 Å². The van der Waals surface area contributed by atoms with Gasteiger partial charge in [-0.15, -0.1) is 24.0 Å². The van der Waals surface area contributed by atoms with E-state index in [2.05, 4.69) is 20.2 Å². The van der Waals surface area contributed by atoms with Crippen molar-refractivity contribution in [3.63, 3.8) is 0 Å². The van der Waals surface area contributed by atoms with E-state index in [4.69, 9.17) is 9.47 Å². The molecule has 0 radical (unpaired) electrons. The van der Waals surface area contributed by atoms with E-state index < -0.39 is 0 Å².